The van der Waals surface area contributed by atoms with Crippen molar-refractivity contribution in [2.45, 2.75) is 27.2 Å². The lowest BCUT2D eigenvalue weighted by molar-refractivity contribution is -0.111. The number of hydrogen-bond donors (Lipinski definition) is 1. The zero-order valence-electron chi connectivity index (χ0n) is 13.7. The van der Waals surface area contributed by atoms with Gasteiger partial charge in [0, 0.05) is 23.1 Å². The Bertz CT molecular complexity index is 798. The molecule has 0 aliphatic rings. The molecule has 2 aromatic rings. The third-order valence-corrected chi connectivity index (χ3v) is 3.61. The van der Waals surface area contributed by atoms with Crippen LogP contribution in [0.3, 0.4) is 0 Å². The van der Waals surface area contributed by atoms with Crippen LogP contribution in [0.25, 0.3) is 16.7 Å². The summed E-state index contributed by atoms with van der Waals surface area (Å²) in [5, 5.41) is 2.66. The van der Waals surface area contributed by atoms with E-state index in [0.717, 1.165) is 28.8 Å². The van der Waals surface area contributed by atoms with Crippen molar-refractivity contribution in [2.24, 2.45) is 0 Å². The lowest BCUT2D eigenvalue weighted by atomic mass is 9.99. The fourth-order valence-electron chi connectivity index (χ4n) is 2.45. The summed E-state index contributed by atoms with van der Waals surface area (Å²) in [4.78, 5) is 15.8. The molecule has 116 valence electrons. The van der Waals surface area contributed by atoms with Crippen molar-refractivity contribution in [2.75, 3.05) is 5.32 Å². The molecule has 0 aliphatic carbocycles. The number of aromatic nitrogens is 1. The molecule has 1 aromatic heterocycles. The first-order chi connectivity index (χ1) is 11.0. The van der Waals surface area contributed by atoms with Crippen LogP contribution in [0.2, 0.25) is 0 Å². The van der Waals surface area contributed by atoms with E-state index in [1.54, 1.807) is 0 Å². The summed E-state index contributed by atoms with van der Waals surface area (Å²) in [5.41, 5.74) is 6.03. The normalized spacial score (nSPS) is 11.0. The molecule has 0 bridgehead atoms. The maximum atomic E-state index is 11.3. The maximum Gasteiger partial charge on any atom is 0.300 e. The molecule has 0 spiro atoms. The van der Waals surface area contributed by atoms with Gasteiger partial charge in [0.1, 0.15) is 0 Å². The third kappa shape index (κ3) is 4.08. The van der Waals surface area contributed by atoms with Crippen LogP contribution in [0.4, 0.5) is 5.69 Å². The van der Waals surface area contributed by atoms with Crippen LogP contribution in [0.1, 0.15) is 31.5 Å². The first-order valence-corrected chi connectivity index (χ1v) is 7.57. The Kier molecular flexibility index (Phi) is 5.32. The van der Waals surface area contributed by atoms with Gasteiger partial charge in [-0.3, -0.25) is 9.78 Å². The van der Waals surface area contributed by atoms with Gasteiger partial charge < -0.3 is 5.32 Å². The van der Waals surface area contributed by atoms with Crippen molar-refractivity contribution in [3.8, 4) is 23.5 Å². The number of hydrogen-bond acceptors (Lipinski definition) is 2. The number of terminal acetylenes is 1. The highest BCUT2D eigenvalue weighted by Crippen LogP contribution is 2.27. The van der Waals surface area contributed by atoms with Gasteiger partial charge in [0.25, 0.3) is 5.91 Å². The molecule has 0 atom stereocenters. The van der Waals surface area contributed by atoms with Gasteiger partial charge in [-0.25, -0.2) is 0 Å². The summed E-state index contributed by atoms with van der Waals surface area (Å²) in [6.45, 7) is 6.23. The van der Waals surface area contributed by atoms with Crippen LogP contribution in [-0.2, 0) is 4.79 Å². The van der Waals surface area contributed by atoms with Gasteiger partial charge in [0.05, 0.1) is 0 Å². The monoisotopic (exact) mass is 304 g/mol. The molecule has 1 N–H and O–H groups in total. The van der Waals surface area contributed by atoms with Crippen molar-refractivity contribution in [1.29, 1.82) is 0 Å². The van der Waals surface area contributed by atoms with Gasteiger partial charge >= 0.3 is 0 Å². The lowest BCUT2D eigenvalue weighted by Crippen LogP contribution is -2.07. The molecule has 0 aliphatic heterocycles. The van der Waals surface area contributed by atoms with Crippen molar-refractivity contribution >= 4 is 17.2 Å². The summed E-state index contributed by atoms with van der Waals surface area (Å²) in [5.74, 6) is 1.60. The number of pyridine rings is 1. The number of anilines is 1. The summed E-state index contributed by atoms with van der Waals surface area (Å²) in [7, 11) is 0. The van der Waals surface area contributed by atoms with Gasteiger partial charge in [-0.15, -0.1) is 6.42 Å². The first kappa shape index (κ1) is 16.5. The average Bonchev–Trinajstić information content (AvgIpc) is 2.55. The second-order valence-electron chi connectivity index (χ2n) is 5.33. The van der Waals surface area contributed by atoms with Crippen molar-refractivity contribution in [3.05, 3.63) is 53.9 Å². The maximum absolute atomic E-state index is 11.3. The molecule has 2 rings (SSSR count). The summed E-state index contributed by atoms with van der Waals surface area (Å²) < 4.78 is 0. The minimum atomic E-state index is -0.452. The quantitative estimate of drug-likeness (QED) is 0.848. The minimum Gasteiger partial charge on any atom is -0.315 e. The second-order valence-corrected chi connectivity index (χ2v) is 5.33. The van der Waals surface area contributed by atoms with Gasteiger partial charge in [-0.2, -0.15) is 0 Å². The Morgan fingerprint density at radius 1 is 1.35 bits per heavy atom. The Labute approximate surface area is 137 Å². The summed E-state index contributed by atoms with van der Waals surface area (Å²) in [6.07, 6.45) is 10.1. The molecule has 0 saturated carbocycles. The smallest absolute Gasteiger partial charge is 0.300 e. The number of nitrogens with one attached hydrogen (secondary N) is 1. The van der Waals surface area contributed by atoms with E-state index in [4.69, 9.17) is 6.42 Å². The topological polar surface area (TPSA) is 42.0 Å². The molecule has 3 heteroatoms. The zero-order valence-corrected chi connectivity index (χ0v) is 13.7. The number of nitrogens with zero attached hydrogens (tertiary/aromatic N) is 1. The average molecular weight is 304 g/mol. The zero-order chi connectivity index (χ0) is 16.8. The van der Waals surface area contributed by atoms with Crippen molar-refractivity contribution < 1.29 is 4.79 Å². The van der Waals surface area contributed by atoms with Crippen LogP contribution >= 0.6 is 0 Å². The predicted octanol–water partition coefficient (Wildman–Crippen LogP) is 4.44. The van der Waals surface area contributed by atoms with E-state index in [1.165, 1.54) is 5.57 Å². The highest BCUT2D eigenvalue weighted by Gasteiger charge is 2.07. The largest absolute Gasteiger partial charge is 0.315 e. The first-order valence-electron chi connectivity index (χ1n) is 7.57. The summed E-state index contributed by atoms with van der Waals surface area (Å²) >= 11 is 0. The molecule has 1 heterocycles. The molecular formula is C20H20N2O. The van der Waals surface area contributed by atoms with Crippen LogP contribution in [-0.4, -0.2) is 10.9 Å². The number of allylic oxidation sites excluding steroid dienone is 2. The molecular weight excluding hydrogens is 284 g/mol. The molecule has 0 unspecified atom stereocenters. The van der Waals surface area contributed by atoms with E-state index in [0.29, 0.717) is 5.69 Å². The van der Waals surface area contributed by atoms with Crippen LogP contribution in [0.5, 0.6) is 0 Å². The van der Waals surface area contributed by atoms with E-state index >= 15 is 0 Å². The lowest BCUT2D eigenvalue weighted by Gasteiger charge is -2.10. The number of aryl methyl sites for hydroxylation is 1. The molecule has 0 saturated heterocycles. The molecule has 1 aromatic carbocycles. The Morgan fingerprint density at radius 2 is 2.13 bits per heavy atom. The summed E-state index contributed by atoms with van der Waals surface area (Å²) in [6, 6.07) is 9.70. The van der Waals surface area contributed by atoms with Crippen LogP contribution < -0.4 is 5.32 Å². The number of amides is 1. The molecule has 1 amide bonds. The number of carbonyl (C=O) groups excluding carboxylic acids is 1. The van der Waals surface area contributed by atoms with Crippen molar-refractivity contribution in [3.63, 3.8) is 0 Å². The van der Waals surface area contributed by atoms with Crippen LogP contribution in [0, 0.1) is 19.3 Å². The van der Waals surface area contributed by atoms with Gasteiger partial charge in [0.15, 0.2) is 0 Å². The molecule has 0 fully saturated rings. The Balaban J connectivity index is 2.41. The van der Waals surface area contributed by atoms with Crippen LogP contribution in [0.15, 0.2) is 42.6 Å². The second kappa shape index (κ2) is 7.42. The third-order valence-electron chi connectivity index (χ3n) is 3.61. The number of benzene rings is 1. The Morgan fingerprint density at radius 3 is 2.83 bits per heavy atom. The standard InChI is InChI=1S/C20H20N2O/c1-5-8-14(3)19-12-17(13-21-15(19)4)16-9-7-10-18(11-16)22-20(23)6-2/h2,7-13H,5H2,1,3-4H3,(H,22,23)/b14-8-. The van der Waals surface area contributed by atoms with Gasteiger partial charge in [-0.05, 0) is 61.1 Å². The van der Waals surface area contributed by atoms with E-state index in [-0.39, 0.29) is 0 Å². The fourth-order valence-corrected chi connectivity index (χ4v) is 2.45. The fraction of sp³-hybridized carbons (Fsp3) is 0.200. The van der Waals surface area contributed by atoms with E-state index < -0.39 is 5.91 Å². The number of carbonyl (C=O) groups is 1. The van der Waals surface area contributed by atoms with Gasteiger partial charge in [-0.1, -0.05) is 25.1 Å². The van der Waals surface area contributed by atoms with E-state index in [9.17, 15) is 4.79 Å². The SMILES string of the molecule is C#CC(=O)Nc1cccc(-c2cnc(C)c(/C(C)=C\CC)c2)c1. The van der Waals surface area contributed by atoms with E-state index in [2.05, 4.69) is 36.3 Å². The predicted molar refractivity (Wildman–Crippen MR) is 95.8 cm³/mol. The minimum absolute atomic E-state index is 0.452. The Hall–Kier alpha value is -2.86. The molecule has 23 heavy (non-hydrogen) atoms. The highest BCUT2D eigenvalue weighted by molar-refractivity contribution is 6.03. The van der Waals surface area contributed by atoms with Gasteiger partial charge in [0.2, 0.25) is 0 Å². The molecule has 0 radical (unpaired) electrons. The molecule has 3 nitrogen and oxygen atoms in total. The van der Waals surface area contributed by atoms with Crippen molar-refractivity contribution in [1.82, 2.24) is 4.98 Å². The highest BCUT2D eigenvalue weighted by atomic mass is 16.1. The van der Waals surface area contributed by atoms with E-state index in [1.807, 2.05) is 43.3 Å². The number of rotatable bonds is 4.